The van der Waals surface area contributed by atoms with Crippen molar-refractivity contribution in [2.75, 3.05) is 5.73 Å². The lowest BCUT2D eigenvalue weighted by Crippen LogP contribution is -2.01. The zero-order valence-electron chi connectivity index (χ0n) is 17.5. The Morgan fingerprint density at radius 3 is 2.70 bits per heavy atom. The van der Waals surface area contributed by atoms with Crippen LogP contribution in [-0.4, -0.2) is 16.1 Å². The molecule has 0 aliphatic rings. The van der Waals surface area contributed by atoms with Crippen LogP contribution in [0.25, 0.3) is 26.4 Å². The minimum Gasteiger partial charge on any atom is -0.491 e. The van der Waals surface area contributed by atoms with Gasteiger partial charge in [0.2, 0.25) is 5.95 Å². The molecule has 0 unspecified atom stereocenters. The van der Waals surface area contributed by atoms with E-state index in [9.17, 15) is 0 Å². The number of benzene rings is 2. The molecule has 5 heteroatoms. The third kappa shape index (κ3) is 4.21. The molecule has 0 radical (unpaired) electrons. The zero-order chi connectivity index (χ0) is 21.3. The summed E-state index contributed by atoms with van der Waals surface area (Å²) in [6, 6.07) is 17.0. The van der Waals surface area contributed by atoms with Gasteiger partial charge in [0.25, 0.3) is 0 Å². The van der Waals surface area contributed by atoms with Crippen molar-refractivity contribution < 1.29 is 4.74 Å². The van der Waals surface area contributed by atoms with Crippen LogP contribution in [0.2, 0.25) is 0 Å². The highest BCUT2D eigenvalue weighted by Gasteiger charge is 2.13. The highest BCUT2D eigenvalue weighted by atomic mass is 32.1. The fourth-order valence-corrected chi connectivity index (χ4v) is 4.72. The van der Waals surface area contributed by atoms with E-state index in [1.165, 1.54) is 26.8 Å². The van der Waals surface area contributed by atoms with Gasteiger partial charge in [-0.25, -0.2) is 9.97 Å². The molecule has 4 aromatic rings. The molecule has 0 atom stereocenters. The second-order valence-corrected chi connectivity index (χ2v) is 8.71. The monoisotopic (exact) mass is 415 g/mol. The molecule has 30 heavy (non-hydrogen) atoms. The molecule has 0 spiro atoms. The Hall–Kier alpha value is -3.18. The summed E-state index contributed by atoms with van der Waals surface area (Å²) in [6.07, 6.45) is 2.67. The molecule has 0 aliphatic heterocycles. The number of ether oxygens (including phenoxy) is 1. The summed E-state index contributed by atoms with van der Waals surface area (Å²) in [4.78, 5) is 9.53. The first-order chi connectivity index (χ1) is 14.4. The third-order valence-corrected chi connectivity index (χ3v) is 6.24. The van der Waals surface area contributed by atoms with Crippen LogP contribution in [0.5, 0.6) is 0 Å². The summed E-state index contributed by atoms with van der Waals surface area (Å²) in [6.45, 7) is 10.2. The van der Waals surface area contributed by atoms with Gasteiger partial charge in [-0.2, -0.15) is 0 Å². The minimum atomic E-state index is 0.115. The summed E-state index contributed by atoms with van der Waals surface area (Å²) in [5.41, 5.74) is 11.4. The summed E-state index contributed by atoms with van der Waals surface area (Å²) in [7, 11) is 0. The average Bonchev–Trinajstić information content (AvgIpc) is 3.04. The third-order valence-electron chi connectivity index (χ3n) is 4.94. The van der Waals surface area contributed by atoms with E-state index in [0.29, 0.717) is 11.7 Å². The predicted octanol–water partition coefficient (Wildman–Crippen LogP) is 6.24. The number of anilines is 1. The van der Waals surface area contributed by atoms with Crippen molar-refractivity contribution in [3.63, 3.8) is 0 Å². The van der Waals surface area contributed by atoms with Gasteiger partial charge in [-0.1, -0.05) is 30.8 Å². The Morgan fingerprint density at radius 2 is 1.93 bits per heavy atom. The van der Waals surface area contributed by atoms with Gasteiger partial charge >= 0.3 is 0 Å². The lowest BCUT2D eigenvalue weighted by molar-refractivity contribution is 0.205. The quantitative estimate of drug-likeness (QED) is 0.379. The lowest BCUT2D eigenvalue weighted by Gasteiger charge is -2.13. The SMILES string of the molecule is C=C(OC(C)C)c1cccc(Cc2ccc3sc(-c4ccnc(N)n4)c(C)c3c2)c1. The van der Waals surface area contributed by atoms with Gasteiger partial charge in [0.15, 0.2) is 0 Å². The van der Waals surface area contributed by atoms with E-state index < -0.39 is 0 Å². The number of rotatable bonds is 6. The van der Waals surface area contributed by atoms with Crippen molar-refractivity contribution in [3.8, 4) is 10.6 Å². The van der Waals surface area contributed by atoms with E-state index in [1.807, 2.05) is 26.0 Å². The van der Waals surface area contributed by atoms with Crippen molar-refractivity contribution in [3.05, 3.63) is 83.6 Å². The summed E-state index contributed by atoms with van der Waals surface area (Å²) in [5.74, 6) is 1.01. The van der Waals surface area contributed by atoms with Gasteiger partial charge in [-0.3, -0.25) is 0 Å². The molecule has 0 saturated heterocycles. The van der Waals surface area contributed by atoms with Crippen LogP contribution in [-0.2, 0) is 11.2 Å². The molecule has 0 saturated carbocycles. The molecule has 0 amide bonds. The fraction of sp³-hybridized carbons (Fsp3) is 0.200. The molecule has 2 aromatic carbocycles. The molecule has 4 nitrogen and oxygen atoms in total. The van der Waals surface area contributed by atoms with Crippen molar-refractivity contribution in [1.82, 2.24) is 9.97 Å². The Kier molecular flexibility index (Phi) is 5.55. The largest absolute Gasteiger partial charge is 0.491 e. The van der Waals surface area contributed by atoms with Crippen molar-refractivity contribution in [2.45, 2.75) is 33.3 Å². The molecular weight excluding hydrogens is 390 g/mol. The van der Waals surface area contributed by atoms with Gasteiger partial charge in [0, 0.05) is 16.5 Å². The molecule has 0 aliphatic carbocycles. The summed E-state index contributed by atoms with van der Waals surface area (Å²) >= 11 is 1.74. The molecule has 2 aromatic heterocycles. The summed E-state index contributed by atoms with van der Waals surface area (Å²) in [5, 5.41) is 1.26. The maximum absolute atomic E-state index is 5.78. The van der Waals surface area contributed by atoms with E-state index in [4.69, 9.17) is 10.5 Å². The van der Waals surface area contributed by atoms with Gasteiger partial charge in [0.1, 0.15) is 5.76 Å². The first-order valence-corrected chi connectivity index (χ1v) is 10.8. The Morgan fingerprint density at radius 1 is 1.13 bits per heavy atom. The molecule has 152 valence electrons. The van der Waals surface area contributed by atoms with E-state index in [0.717, 1.165) is 22.6 Å². The number of nitrogens with zero attached hydrogens (tertiary/aromatic N) is 2. The number of thiophene rings is 1. The number of hydrogen-bond donors (Lipinski definition) is 1. The number of nitrogen functional groups attached to an aromatic ring is 1. The molecule has 2 N–H and O–H groups in total. The fourth-order valence-electron chi connectivity index (χ4n) is 3.57. The molecule has 2 heterocycles. The van der Waals surface area contributed by atoms with Crippen molar-refractivity contribution in [1.29, 1.82) is 0 Å². The first-order valence-electron chi connectivity index (χ1n) is 9.96. The van der Waals surface area contributed by atoms with Gasteiger partial charge in [-0.15, -0.1) is 11.3 Å². The standard InChI is InChI=1S/C25H25N3OS/c1-15(2)29-17(4)20-7-5-6-18(13-20)12-19-8-9-23-21(14-19)16(3)24(30-23)22-10-11-27-25(26)28-22/h5-11,13-15H,4,12H2,1-3H3,(H2,26,27,28). The van der Waals surface area contributed by atoms with E-state index in [2.05, 4.69) is 59.9 Å². The van der Waals surface area contributed by atoms with Gasteiger partial charge in [0.05, 0.1) is 16.7 Å². The molecule has 0 bridgehead atoms. The average molecular weight is 416 g/mol. The number of aromatic nitrogens is 2. The van der Waals surface area contributed by atoms with E-state index >= 15 is 0 Å². The van der Waals surface area contributed by atoms with Crippen LogP contribution in [0.3, 0.4) is 0 Å². The second kappa shape index (κ2) is 8.28. The predicted molar refractivity (Wildman–Crippen MR) is 127 cm³/mol. The van der Waals surface area contributed by atoms with Crippen molar-refractivity contribution >= 4 is 33.1 Å². The Labute approximate surface area is 181 Å². The van der Waals surface area contributed by atoms with E-state index in [-0.39, 0.29) is 6.10 Å². The van der Waals surface area contributed by atoms with E-state index in [1.54, 1.807) is 17.5 Å². The molecule has 4 rings (SSSR count). The first kappa shape index (κ1) is 20.1. The van der Waals surface area contributed by atoms with Crippen LogP contribution in [0.15, 0.2) is 61.3 Å². The minimum absolute atomic E-state index is 0.115. The van der Waals surface area contributed by atoms with Crippen LogP contribution in [0.1, 0.15) is 36.1 Å². The highest BCUT2D eigenvalue weighted by molar-refractivity contribution is 7.22. The van der Waals surface area contributed by atoms with Gasteiger partial charge < -0.3 is 10.5 Å². The van der Waals surface area contributed by atoms with Crippen LogP contribution < -0.4 is 5.73 Å². The highest BCUT2D eigenvalue weighted by Crippen LogP contribution is 2.38. The number of aryl methyl sites for hydroxylation is 1. The number of fused-ring (bicyclic) bond motifs is 1. The molecule has 0 fully saturated rings. The molecular formula is C25H25N3OS. The second-order valence-electron chi connectivity index (χ2n) is 7.65. The number of hydrogen-bond acceptors (Lipinski definition) is 5. The maximum atomic E-state index is 5.78. The van der Waals surface area contributed by atoms with Crippen LogP contribution in [0, 0.1) is 6.92 Å². The van der Waals surface area contributed by atoms with Gasteiger partial charge in [-0.05, 0) is 73.5 Å². The number of nitrogens with two attached hydrogens (primary N) is 1. The summed E-state index contributed by atoms with van der Waals surface area (Å²) < 4.78 is 7.00. The Balaban J connectivity index is 1.63. The zero-order valence-corrected chi connectivity index (χ0v) is 18.3. The lowest BCUT2D eigenvalue weighted by atomic mass is 10.00. The smallest absolute Gasteiger partial charge is 0.220 e. The van der Waals surface area contributed by atoms with Crippen LogP contribution in [0.4, 0.5) is 5.95 Å². The Bertz CT molecular complexity index is 1230. The topological polar surface area (TPSA) is 61.0 Å². The maximum Gasteiger partial charge on any atom is 0.220 e. The normalized spacial score (nSPS) is 11.2. The van der Waals surface area contributed by atoms with Crippen LogP contribution >= 0.6 is 11.3 Å². The van der Waals surface area contributed by atoms with Crippen molar-refractivity contribution in [2.24, 2.45) is 0 Å².